The molecule has 1 unspecified atom stereocenters. The molecule has 1 aromatic carbocycles. The summed E-state index contributed by atoms with van der Waals surface area (Å²) in [6.07, 6.45) is 0. The van der Waals surface area contributed by atoms with E-state index in [0.717, 1.165) is 19.1 Å². The lowest BCUT2D eigenvalue weighted by atomic mass is 10.1. The Kier molecular flexibility index (Phi) is 12.1. The fourth-order valence-electron chi connectivity index (χ4n) is 1.93. The zero-order chi connectivity index (χ0) is 16.4. The van der Waals surface area contributed by atoms with Gasteiger partial charge >= 0.3 is 0 Å². The highest BCUT2D eigenvalue weighted by Crippen LogP contribution is 2.11. The Bertz CT molecular complexity index is 463. The van der Waals surface area contributed by atoms with Gasteiger partial charge in [-0.15, -0.1) is 24.0 Å². The molecule has 1 aromatic rings. The first-order valence-electron chi connectivity index (χ1n) is 8.27. The molecule has 0 radical (unpaired) electrons. The van der Waals surface area contributed by atoms with Crippen molar-refractivity contribution in [2.24, 2.45) is 10.9 Å². The number of guanidine groups is 1. The van der Waals surface area contributed by atoms with Crippen LogP contribution in [-0.2, 0) is 17.9 Å². The normalized spacial score (nSPS) is 12.7. The number of hydrogen-bond acceptors (Lipinski definition) is 2. The van der Waals surface area contributed by atoms with Crippen molar-refractivity contribution in [2.45, 2.75) is 53.8 Å². The molecule has 0 amide bonds. The number of rotatable bonds is 8. The molecule has 0 aromatic heterocycles. The van der Waals surface area contributed by atoms with Crippen LogP contribution in [0.15, 0.2) is 29.3 Å². The summed E-state index contributed by atoms with van der Waals surface area (Å²) in [6.45, 7) is 13.6. The van der Waals surface area contributed by atoms with Gasteiger partial charge in [0.05, 0.1) is 13.2 Å². The number of ether oxygens (including phenoxy) is 1. The molecule has 23 heavy (non-hydrogen) atoms. The topological polar surface area (TPSA) is 45.7 Å². The zero-order valence-electron chi connectivity index (χ0n) is 15.1. The second-order valence-corrected chi connectivity index (χ2v) is 5.78. The Morgan fingerprint density at radius 3 is 2.35 bits per heavy atom. The Hall–Kier alpha value is -0.820. The van der Waals surface area contributed by atoms with E-state index in [4.69, 9.17) is 9.73 Å². The molecule has 2 N–H and O–H groups in total. The first kappa shape index (κ1) is 22.2. The fraction of sp³-hybridized carbons (Fsp3) is 0.611. The third-order valence-corrected chi connectivity index (χ3v) is 3.70. The molecule has 0 saturated carbocycles. The molecule has 0 bridgehead atoms. The van der Waals surface area contributed by atoms with Gasteiger partial charge in [-0.05, 0) is 37.8 Å². The summed E-state index contributed by atoms with van der Waals surface area (Å²) in [5, 5.41) is 6.77. The van der Waals surface area contributed by atoms with Gasteiger partial charge in [-0.2, -0.15) is 0 Å². The number of benzene rings is 1. The molecule has 0 saturated heterocycles. The number of nitrogens with zero attached hydrogens (tertiary/aromatic N) is 1. The van der Waals surface area contributed by atoms with E-state index in [1.807, 2.05) is 13.0 Å². The largest absolute Gasteiger partial charge is 0.377 e. The molecule has 5 heteroatoms. The highest BCUT2D eigenvalue weighted by atomic mass is 127. The summed E-state index contributed by atoms with van der Waals surface area (Å²) in [7, 11) is 0. The van der Waals surface area contributed by atoms with Crippen molar-refractivity contribution in [3.05, 3.63) is 35.4 Å². The number of halogens is 1. The maximum Gasteiger partial charge on any atom is 0.191 e. The van der Waals surface area contributed by atoms with E-state index in [9.17, 15) is 0 Å². The second kappa shape index (κ2) is 12.6. The Morgan fingerprint density at radius 2 is 1.78 bits per heavy atom. The minimum absolute atomic E-state index is 0. The van der Waals surface area contributed by atoms with Crippen LogP contribution in [0.1, 0.15) is 45.7 Å². The van der Waals surface area contributed by atoms with E-state index in [1.54, 1.807) is 0 Å². The smallest absolute Gasteiger partial charge is 0.191 e. The van der Waals surface area contributed by atoms with Crippen LogP contribution in [0.2, 0.25) is 0 Å². The summed E-state index contributed by atoms with van der Waals surface area (Å²) in [4.78, 5) is 4.71. The Balaban J connectivity index is 0.00000484. The second-order valence-electron chi connectivity index (χ2n) is 5.78. The van der Waals surface area contributed by atoms with Gasteiger partial charge in [0, 0.05) is 19.2 Å². The predicted octanol–water partition coefficient (Wildman–Crippen LogP) is 3.94. The van der Waals surface area contributed by atoms with Gasteiger partial charge in [-0.25, -0.2) is 4.99 Å². The molecular weight excluding hydrogens is 401 g/mol. The highest BCUT2D eigenvalue weighted by Gasteiger charge is 2.09. The minimum atomic E-state index is 0. The van der Waals surface area contributed by atoms with Crippen LogP contribution in [-0.4, -0.2) is 25.2 Å². The van der Waals surface area contributed by atoms with Crippen molar-refractivity contribution >= 4 is 29.9 Å². The van der Waals surface area contributed by atoms with Gasteiger partial charge in [-0.1, -0.05) is 38.1 Å². The molecule has 0 heterocycles. The SMILES string of the molecule is CCNC(=NCc1ccccc1COCC)NC(C)C(C)C.I. The van der Waals surface area contributed by atoms with Crippen LogP contribution in [0, 0.1) is 5.92 Å². The lowest BCUT2D eigenvalue weighted by Crippen LogP contribution is -2.44. The highest BCUT2D eigenvalue weighted by molar-refractivity contribution is 14.0. The van der Waals surface area contributed by atoms with Crippen LogP contribution >= 0.6 is 24.0 Å². The molecule has 0 spiro atoms. The molecule has 1 rings (SSSR count). The van der Waals surface area contributed by atoms with E-state index in [0.29, 0.717) is 25.1 Å². The third-order valence-electron chi connectivity index (χ3n) is 3.70. The average molecular weight is 433 g/mol. The van der Waals surface area contributed by atoms with Gasteiger partial charge in [0.25, 0.3) is 0 Å². The maximum atomic E-state index is 5.53. The van der Waals surface area contributed by atoms with Crippen molar-refractivity contribution in [1.29, 1.82) is 0 Å². The van der Waals surface area contributed by atoms with E-state index in [1.165, 1.54) is 11.1 Å². The predicted molar refractivity (Wildman–Crippen MR) is 109 cm³/mol. The number of aliphatic imine (C=N–C) groups is 1. The lowest BCUT2D eigenvalue weighted by Gasteiger charge is -2.20. The van der Waals surface area contributed by atoms with Crippen molar-refractivity contribution in [3.63, 3.8) is 0 Å². The number of hydrogen-bond donors (Lipinski definition) is 2. The monoisotopic (exact) mass is 433 g/mol. The van der Waals surface area contributed by atoms with Crippen LogP contribution < -0.4 is 10.6 Å². The molecule has 1 atom stereocenters. The molecule has 0 aliphatic carbocycles. The Labute approximate surface area is 158 Å². The Morgan fingerprint density at radius 1 is 1.13 bits per heavy atom. The molecular formula is C18H32IN3O. The van der Waals surface area contributed by atoms with Crippen molar-refractivity contribution in [3.8, 4) is 0 Å². The van der Waals surface area contributed by atoms with Gasteiger partial charge < -0.3 is 15.4 Å². The third kappa shape index (κ3) is 8.55. The molecule has 0 aliphatic heterocycles. The van der Waals surface area contributed by atoms with E-state index < -0.39 is 0 Å². The maximum absolute atomic E-state index is 5.53. The summed E-state index contributed by atoms with van der Waals surface area (Å²) < 4.78 is 5.53. The van der Waals surface area contributed by atoms with E-state index in [-0.39, 0.29) is 24.0 Å². The van der Waals surface area contributed by atoms with Crippen molar-refractivity contribution < 1.29 is 4.74 Å². The fourth-order valence-corrected chi connectivity index (χ4v) is 1.93. The summed E-state index contributed by atoms with van der Waals surface area (Å²) in [6, 6.07) is 8.71. The van der Waals surface area contributed by atoms with Crippen LogP contribution in [0.4, 0.5) is 0 Å². The summed E-state index contributed by atoms with van der Waals surface area (Å²) >= 11 is 0. The quantitative estimate of drug-likeness (QED) is 0.371. The number of nitrogens with one attached hydrogen (secondary N) is 2. The summed E-state index contributed by atoms with van der Waals surface area (Å²) in [5.41, 5.74) is 2.42. The minimum Gasteiger partial charge on any atom is -0.377 e. The first-order chi connectivity index (χ1) is 10.6. The molecule has 132 valence electrons. The van der Waals surface area contributed by atoms with E-state index >= 15 is 0 Å². The zero-order valence-corrected chi connectivity index (χ0v) is 17.4. The lowest BCUT2D eigenvalue weighted by molar-refractivity contribution is 0.133. The van der Waals surface area contributed by atoms with Crippen LogP contribution in [0.3, 0.4) is 0 Å². The summed E-state index contributed by atoms with van der Waals surface area (Å²) in [5.74, 6) is 1.43. The average Bonchev–Trinajstić information content (AvgIpc) is 2.51. The molecule has 0 fully saturated rings. The molecule has 4 nitrogen and oxygen atoms in total. The first-order valence-corrected chi connectivity index (χ1v) is 8.27. The van der Waals surface area contributed by atoms with Gasteiger partial charge in [0.15, 0.2) is 5.96 Å². The van der Waals surface area contributed by atoms with Crippen LogP contribution in [0.25, 0.3) is 0 Å². The van der Waals surface area contributed by atoms with Crippen LogP contribution in [0.5, 0.6) is 0 Å². The molecule has 0 aliphatic rings. The van der Waals surface area contributed by atoms with E-state index in [2.05, 4.69) is 56.5 Å². The van der Waals surface area contributed by atoms with Crippen molar-refractivity contribution in [2.75, 3.05) is 13.2 Å². The standard InChI is InChI=1S/C18H31N3O.HI/c1-6-19-18(21-15(5)14(3)4)20-12-16-10-8-9-11-17(16)13-22-7-2;/h8-11,14-15H,6-7,12-13H2,1-5H3,(H2,19,20,21);1H. The van der Waals surface area contributed by atoms with Gasteiger partial charge in [0.2, 0.25) is 0 Å². The van der Waals surface area contributed by atoms with Gasteiger partial charge in [0.1, 0.15) is 0 Å². The van der Waals surface area contributed by atoms with Crippen molar-refractivity contribution in [1.82, 2.24) is 10.6 Å². The van der Waals surface area contributed by atoms with Gasteiger partial charge in [-0.3, -0.25) is 0 Å².